The van der Waals surface area contributed by atoms with Gasteiger partial charge in [-0.1, -0.05) is 30.2 Å². The number of thiazole rings is 1. The van der Waals surface area contributed by atoms with E-state index in [1.807, 2.05) is 17.5 Å². The van der Waals surface area contributed by atoms with E-state index in [4.69, 9.17) is 11.6 Å². The minimum absolute atomic E-state index is 0.0378. The minimum Gasteiger partial charge on any atom is -0.339 e. The monoisotopic (exact) mass is 492 g/mol. The number of carbonyl (C=O) groups is 2. The first-order valence-electron chi connectivity index (χ1n) is 10.1. The molecule has 0 spiro atoms. The summed E-state index contributed by atoms with van der Waals surface area (Å²) >= 11 is 8.59. The molecular weight excluding hydrogens is 471 g/mol. The summed E-state index contributed by atoms with van der Waals surface area (Å²) in [4.78, 5) is 32.4. The van der Waals surface area contributed by atoms with Gasteiger partial charge in [0.2, 0.25) is 5.91 Å². The molecule has 0 aliphatic heterocycles. The molecule has 1 aromatic carbocycles. The van der Waals surface area contributed by atoms with E-state index in [0.29, 0.717) is 41.1 Å². The predicted molar refractivity (Wildman–Crippen MR) is 126 cm³/mol. The molecule has 0 radical (unpaired) electrons. The third-order valence-electron chi connectivity index (χ3n) is 5.56. The van der Waals surface area contributed by atoms with E-state index in [1.54, 1.807) is 24.1 Å². The molecule has 0 atom stereocenters. The van der Waals surface area contributed by atoms with E-state index in [0.717, 1.165) is 16.9 Å². The second kappa shape index (κ2) is 9.56. The number of hydrogen-bond acceptors (Lipinski definition) is 5. The summed E-state index contributed by atoms with van der Waals surface area (Å²) in [5.74, 6) is -0.371. The Labute approximate surface area is 198 Å². The van der Waals surface area contributed by atoms with Crippen LogP contribution in [-0.2, 0) is 23.3 Å². The number of hydrogen-bond donors (Lipinski definition) is 2. The lowest BCUT2D eigenvalue weighted by atomic mass is 9.63. The van der Waals surface area contributed by atoms with Crippen LogP contribution < -0.4 is 10.6 Å². The van der Waals surface area contributed by atoms with Crippen molar-refractivity contribution in [3.8, 4) is 0 Å². The lowest BCUT2D eigenvalue weighted by Crippen LogP contribution is -2.49. The van der Waals surface area contributed by atoms with E-state index in [-0.39, 0.29) is 17.8 Å². The standard InChI is InChI=1S/C22H22ClFN4O2S2/c1-28(19(29)22(8-3-9-22)14-4-2-5-15(24)10-14)12-16-13-31-21(26-16)27-20(30)25-11-17-6-7-18(23)32-17/h2,4-7,10,13H,3,8-9,11-12H2,1H3,(H2,25,26,27,30). The zero-order chi connectivity index (χ0) is 22.7. The summed E-state index contributed by atoms with van der Waals surface area (Å²) < 4.78 is 14.4. The van der Waals surface area contributed by atoms with E-state index < -0.39 is 5.41 Å². The molecule has 2 aromatic heterocycles. The molecule has 6 nitrogen and oxygen atoms in total. The van der Waals surface area contributed by atoms with Crippen molar-refractivity contribution in [1.82, 2.24) is 15.2 Å². The van der Waals surface area contributed by atoms with Crippen molar-refractivity contribution in [1.29, 1.82) is 0 Å². The second-order valence-electron chi connectivity index (χ2n) is 7.76. The molecule has 4 rings (SSSR count). The van der Waals surface area contributed by atoms with Crippen molar-refractivity contribution in [3.63, 3.8) is 0 Å². The average molecular weight is 493 g/mol. The number of rotatable bonds is 7. The summed E-state index contributed by atoms with van der Waals surface area (Å²) in [6.45, 7) is 0.685. The molecule has 168 valence electrons. The number of likely N-dealkylation sites (N-methyl/N-ethyl adjacent to an activating group) is 1. The number of anilines is 1. The van der Waals surface area contributed by atoms with Crippen molar-refractivity contribution in [2.75, 3.05) is 12.4 Å². The van der Waals surface area contributed by atoms with Gasteiger partial charge in [-0.25, -0.2) is 14.2 Å². The molecule has 1 aliphatic rings. The van der Waals surface area contributed by atoms with Crippen LogP contribution in [0, 0.1) is 5.82 Å². The molecular formula is C22H22ClFN4O2S2. The Bertz CT molecular complexity index is 1130. The fourth-order valence-corrected chi connectivity index (χ4v) is 5.54. The van der Waals surface area contributed by atoms with E-state index in [2.05, 4.69) is 15.6 Å². The van der Waals surface area contributed by atoms with Gasteiger partial charge >= 0.3 is 6.03 Å². The third kappa shape index (κ3) is 4.95. The molecule has 10 heteroatoms. The van der Waals surface area contributed by atoms with Crippen LogP contribution in [0.3, 0.4) is 0 Å². The smallest absolute Gasteiger partial charge is 0.321 e. The first-order valence-corrected chi connectivity index (χ1v) is 12.2. The molecule has 0 bridgehead atoms. The van der Waals surface area contributed by atoms with Gasteiger partial charge < -0.3 is 10.2 Å². The fourth-order valence-electron chi connectivity index (χ4n) is 3.82. The number of amides is 3. The maximum Gasteiger partial charge on any atom is 0.321 e. The lowest BCUT2D eigenvalue weighted by Gasteiger charge is -2.43. The molecule has 1 fully saturated rings. The topological polar surface area (TPSA) is 74.3 Å². The Morgan fingerprint density at radius 2 is 2.09 bits per heavy atom. The summed E-state index contributed by atoms with van der Waals surface area (Å²) in [6, 6.07) is 9.60. The highest BCUT2D eigenvalue weighted by molar-refractivity contribution is 7.16. The van der Waals surface area contributed by atoms with E-state index in [9.17, 15) is 14.0 Å². The normalized spacial score (nSPS) is 14.5. The van der Waals surface area contributed by atoms with Gasteiger partial charge in [-0.15, -0.1) is 22.7 Å². The quantitative estimate of drug-likeness (QED) is 0.463. The largest absolute Gasteiger partial charge is 0.339 e. The van der Waals surface area contributed by atoms with Crippen LogP contribution in [0.1, 0.15) is 35.4 Å². The van der Waals surface area contributed by atoms with Crippen molar-refractivity contribution < 1.29 is 14.0 Å². The first-order chi connectivity index (χ1) is 15.4. The third-order valence-corrected chi connectivity index (χ3v) is 7.60. The number of thiophene rings is 1. The van der Waals surface area contributed by atoms with Crippen LogP contribution in [0.4, 0.5) is 14.3 Å². The Balaban J connectivity index is 1.34. The Morgan fingerprint density at radius 1 is 1.28 bits per heavy atom. The lowest BCUT2D eigenvalue weighted by molar-refractivity contribution is -0.140. The fraction of sp³-hybridized carbons (Fsp3) is 0.318. The van der Waals surface area contributed by atoms with E-state index in [1.165, 1.54) is 34.8 Å². The molecule has 32 heavy (non-hydrogen) atoms. The van der Waals surface area contributed by atoms with Gasteiger partial charge in [0.15, 0.2) is 5.13 Å². The van der Waals surface area contributed by atoms with Gasteiger partial charge in [0.1, 0.15) is 5.82 Å². The van der Waals surface area contributed by atoms with Crippen LogP contribution >= 0.6 is 34.3 Å². The molecule has 0 saturated heterocycles. The summed E-state index contributed by atoms with van der Waals surface area (Å²) in [6.07, 6.45) is 2.35. The first kappa shape index (κ1) is 22.7. The van der Waals surface area contributed by atoms with Gasteiger partial charge in [0.05, 0.1) is 28.5 Å². The molecule has 3 aromatic rings. The SMILES string of the molecule is CN(Cc1csc(NC(=O)NCc2ccc(Cl)s2)n1)C(=O)C1(c2cccc(F)c2)CCC1. The second-order valence-corrected chi connectivity index (χ2v) is 10.4. The number of carbonyl (C=O) groups excluding carboxylic acids is 2. The Hall–Kier alpha value is -2.49. The zero-order valence-corrected chi connectivity index (χ0v) is 19.7. The van der Waals surface area contributed by atoms with Gasteiger partial charge in [-0.2, -0.15) is 0 Å². The number of nitrogens with zero attached hydrogens (tertiary/aromatic N) is 2. The number of nitrogens with one attached hydrogen (secondary N) is 2. The molecule has 2 N–H and O–H groups in total. The average Bonchev–Trinajstić information content (AvgIpc) is 3.34. The molecule has 1 aliphatic carbocycles. The zero-order valence-electron chi connectivity index (χ0n) is 17.4. The number of benzene rings is 1. The van der Waals surface area contributed by atoms with Crippen LogP contribution in [0.25, 0.3) is 0 Å². The summed E-state index contributed by atoms with van der Waals surface area (Å²) in [5, 5.41) is 7.73. The Kier molecular flexibility index (Phi) is 6.78. The minimum atomic E-state index is -0.668. The highest BCUT2D eigenvalue weighted by Crippen LogP contribution is 2.45. The summed E-state index contributed by atoms with van der Waals surface area (Å²) in [7, 11) is 1.73. The van der Waals surface area contributed by atoms with Crippen molar-refractivity contribution in [3.05, 3.63) is 68.1 Å². The number of urea groups is 1. The maximum atomic E-state index is 13.8. The van der Waals surface area contributed by atoms with Crippen LogP contribution in [0.5, 0.6) is 0 Å². The van der Waals surface area contributed by atoms with Crippen LogP contribution in [-0.4, -0.2) is 28.9 Å². The van der Waals surface area contributed by atoms with Gasteiger partial charge in [-0.05, 0) is 42.7 Å². The van der Waals surface area contributed by atoms with Crippen molar-refractivity contribution in [2.24, 2.45) is 0 Å². The maximum absolute atomic E-state index is 13.8. The van der Waals surface area contributed by atoms with Gasteiger partial charge in [-0.3, -0.25) is 10.1 Å². The highest BCUT2D eigenvalue weighted by atomic mass is 35.5. The predicted octanol–water partition coefficient (Wildman–Crippen LogP) is 5.40. The van der Waals surface area contributed by atoms with Gasteiger partial charge in [0.25, 0.3) is 0 Å². The van der Waals surface area contributed by atoms with E-state index >= 15 is 0 Å². The summed E-state index contributed by atoms with van der Waals surface area (Å²) in [5.41, 5.74) is 0.739. The molecule has 3 amide bonds. The van der Waals surface area contributed by atoms with Crippen LogP contribution in [0.15, 0.2) is 41.8 Å². The van der Waals surface area contributed by atoms with Crippen molar-refractivity contribution in [2.45, 2.75) is 37.8 Å². The number of aromatic nitrogens is 1. The molecule has 2 heterocycles. The van der Waals surface area contributed by atoms with Crippen LogP contribution in [0.2, 0.25) is 4.34 Å². The molecule has 1 saturated carbocycles. The highest BCUT2D eigenvalue weighted by Gasteiger charge is 2.47. The molecule has 0 unspecified atom stereocenters. The number of halogens is 2. The van der Waals surface area contributed by atoms with Gasteiger partial charge in [0, 0.05) is 17.3 Å². The van der Waals surface area contributed by atoms with Crippen molar-refractivity contribution >= 4 is 51.3 Å². The Morgan fingerprint density at radius 3 is 2.75 bits per heavy atom.